The summed E-state index contributed by atoms with van der Waals surface area (Å²) in [4.78, 5) is 25.4. The van der Waals surface area contributed by atoms with Gasteiger partial charge in [0.15, 0.2) is 6.61 Å². The van der Waals surface area contributed by atoms with Crippen LogP contribution in [0.4, 0.5) is 0 Å². The van der Waals surface area contributed by atoms with Gasteiger partial charge in [0.1, 0.15) is 19.5 Å². The van der Waals surface area contributed by atoms with Crippen molar-refractivity contribution >= 4 is 11.9 Å². The van der Waals surface area contributed by atoms with E-state index >= 15 is 0 Å². The van der Waals surface area contributed by atoms with E-state index in [2.05, 4.69) is 0 Å². The predicted octanol–water partition coefficient (Wildman–Crippen LogP) is 1.47. The van der Waals surface area contributed by atoms with Crippen LogP contribution in [0.5, 0.6) is 0 Å². The Morgan fingerprint density at radius 1 is 1.23 bits per heavy atom. The number of hydrogen-bond donors (Lipinski definition) is 0. The predicted molar refractivity (Wildman–Crippen MR) is 78.5 cm³/mol. The first-order valence-electron chi connectivity index (χ1n) is 7.14. The molecule has 0 bridgehead atoms. The monoisotopic (exact) mass is 305 g/mol. The maximum Gasteiger partial charge on any atom is 0.377 e. The van der Waals surface area contributed by atoms with Crippen LogP contribution in [0.15, 0.2) is 42.4 Å². The highest BCUT2D eigenvalue weighted by atomic mass is 16.6. The van der Waals surface area contributed by atoms with E-state index in [0.29, 0.717) is 26.3 Å². The van der Waals surface area contributed by atoms with E-state index in [1.807, 2.05) is 37.3 Å². The first kappa shape index (κ1) is 15.9. The van der Waals surface area contributed by atoms with Gasteiger partial charge in [-0.05, 0) is 12.5 Å². The summed E-state index contributed by atoms with van der Waals surface area (Å²) in [5.74, 6) is -0.953. The van der Waals surface area contributed by atoms with Gasteiger partial charge in [0.2, 0.25) is 5.76 Å². The molecule has 0 saturated heterocycles. The molecule has 22 heavy (non-hydrogen) atoms. The molecule has 1 aliphatic rings. The number of carbonyl (C=O) groups is 2. The molecule has 6 heteroatoms. The third-order valence-electron chi connectivity index (χ3n) is 3.13. The highest BCUT2D eigenvalue weighted by molar-refractivity contribution is 5.88. The van der Waals surface area contributed by atoms with E-state index in [9.17, 15) is 9.59 Å². The molecular formula is C16H19NO5. The third kappa shape index (κ3) is 4.51. The summed E-state index contributed by atoms with van der Waals surface area (Å²) < 4.78 is 15.0. The van der Waals surface area contributed by atoms with Crippen LogP contribution in [0.2, 0.25) is 0 Å². The van der Waals surface area contributed by atoms with Crippen molar-refractivity contribution in [3.8, 4) is 0 Å². The molecule has 1 heterocycles. The molecule has 2 rings (SSSR count). The maximum absolute atomic E-state index is 12.1. The lowest BCUT2D eigenvalue weighted by atomic mass is 10.2. The van der Waals surface area contributed by atoms with Crippen LogP contribution >= 0.6 is 0 Å². The fraction of sp³-hybridized carbons (Fsp3) is 0.375. The Labute approximate surface area is 129 Å². The third-order valence-corrected chi connectivity index (χ3v) is 3.13. The van der Waals surface area contributed by atoms with Crippen molar-refractivity contribution in [2.45, 2.75) is 13.5 Å². The zero-order valence-electron chi connectivity index (χ0n) is 12.5. The summed E-state index contributed by atoms with van der Waals surface area (Å²) in [6.45, 7) is 3.27. The second-order valence-electron chi connectivity index (χ2n) is 4.67. The average Bonchev–Trinajstić information content (AvgIpc) is 2.59. The van der Waals surface area contributed by atoms with E-state index in [1.165, 1.54) is 6.26 Å². The lowest BCUT2D eigenvalue weighted by molar-refractivity contribution is -0.152. The summed E-state index contributed by atoms with van der Waals surface area (Å²) >= 11 is 0. The summed E-state index contributed by atoms with van der Waals surface area (Å²) in [7, 11) is 0. The number of carbonyl (C=O) groups excluding carboxylic acids is 2. The van der Waals surface area contributed by atoms with Crippen molar-refractivity contribution < 1.29 is 23.8 Å². The summed E-state index contributed by atoms with van der Waals surface area (Å²) in [6.07, 6.45) is 1.21. The lowest BCUT2D eigenvalue weighted by Crippen LogP contribution is -2.34. The Balaban J connectivity index is 1.84. The Hall–Kier alpha value is -2.50. The van der Waals surface area contributed by atoms with Crippen LogP contribution in [0, 0.1) is 0 Å². The van der Waals surface area contributed by atoms with Crippen LogP contribution < -0.4 is 0 Å². The number of nitrogens with zero attached hydrogens (tertiary/aromatic N) is 1. The molecule has 0 atom stereocenters. The number of hydrogen-bond acceptors (Lipinski definition) is 5. The Morgan fingerprint density at radius 2 is 2.00 bits per heavy atom. The molecule has 0 saturated carbocycles. The zero-order chi connectivity index (χ0) is 15.8. The fourth-order valence-corrected chi connectivity index (χ4v) is 1.95. The molecule has 0 fully saturated rings. The molecule has 0 aliphatic carbocycles. The molecule has 6 nitrogen and oxygen atoms in total. The smallest absolute Gasteiger partial charge is 0.377 e. The largest absolute Gasteiger partial charge is 0.493 e. The van der Waals surface area contributed by atoms with Crippen LogP contribution in [0.1, 0.15) is 12.5 Å². The molecule has 1 aromatic carbocycles. The second kappa shape index (κ2) is 8.07. The molecule has 1 aliphatic heterocycles. The fourth-order valence-electron chi connectivity index (χ4n) is 1.95. The van der Waals surface area contributed by atoms with Crippen molar-refractivity contribution in [1.29, 1.82) is 0 Å². The van der Waals surface area contributed by atoms with E-state index < -0.39 is 5.97 Å². The second-order valence-corrected chi connectivity index (χ2v) is 4.67. The average molecular weight is 305 g/mol. The van der Waals surface area contributed by atoms with Gasteiger partial charge < -0.3 is 19.1 Å². The molecule has 1 amide bonds. The Morgan fingerprint density at radius 3 is 2.64 bits per heavy atom. The quantitative estimate of drug-likeness (QED) is 0.745. The van der Waals surface area contributed by atoms with Crippen LogP contribution in [-0.4, -0.2) is 43.1 Å². The SMILES string of the molecule is CCN(Cc1ccccc1)C(=O)COC(=O)C1=COCCO1. The van der Waals surface area contributed by atoms with Crippen molar-refractivity contribution in [2.75, 3.05) is 26.4 Å². The molecule has 0 spiro atoms. The van der Waals surface area contributed by atoms with Gasteiger partial charge >= 0.3 is 5.97 Å². The Bertz CT molecular complexity index is 541. The standard InChI is InChI=1S/C16H19NO5/c1-2-17(10-13-6-4-3-5-7-13)15(18)12-22-16(19)14-11-20-8-9-21-14/h3-7,11H,2,8-10,12H2,1H3. The summed E-state index contributed by atoms with van der Waals surface area (Å²) in [6, 6.07) is 9.64. The zero-order valence-corrected chi connectivity index (χ0v) is 12.5. The minimum Gasteiger partial charge on any atom is -0.493 e. The van der Waals surface area contributed by atoms with Gasteiger partial charge in [0.05, 0.1) is 0 Å². The van der Waals surface area contributed by atoms with E-state index in [0.717, 1.165) is 5.56 Å². The number of esters is 1. The Kier molecular flexibility index (Phi) is 5.82. The highest BCUT2D eigenvalue weighted by Crippen LogP contribution is 2.08. The first-order valence-corrected chi connectivity index (χ1v) is 7.14. The molecule has 0 N–H and O–H groups in total. The van der Waals surface area contributed by atoms with Gasteiger partial charge in [-0.3, -0.25) is 4.79 Å². The van der Waals surface area contributed by atoms with Crippen LogP contribution in [0.3, 0.4) is 0 Å². The number of likely N-dealkylation sites (N-methyl/N-ethyl adjacent to an activating group) is 1. The summed E-state index contributed by atoms with van der Waals surface area (Å²) in [5.41, 5.74) is 1.02. The van der Waals surface area contributed by atoms with Gasteiger partial charge in [0.25, 0.3) is 5.91 Å². The van der Waals surface area contributed by atoms with E-state index in [4.69, 9.17) is 14.2 Å². The molecule has 0 aromatic heterocycles. The highest BCUT2D eigenvalue weighted by Gasteiger charge is 2.20. The van der Waals surface area contributed by atoms with Gasteiger partial charge in [0, 0.05) is 13.1 Å². The first-order chi connectivity index (χ1) is 10.7. The van der Waals surface area contributed by atoms with E-state index in [1.54, 1.807) is 4.90 Å². The van der Waals surface area contributed by atoms with Crippen molar-refractivity contribution in [2.24, 2.45) is 0 Å². The number of amides is 1. The van der Waals surface area contributed by atoms with Gasteiger partial charge in [-0.25, -0.2) is 4.79 Å². The van der Waals surface area contributed by atoms with Crippen LogP contribution in [0.25, 0.3) is 0 Å². The molecule has 0 radical (unpaired) electrons. The van der Waals surface area contributed by atoms with E-state index in [-0.39, 0.29) is 18.3 Å². The minimum absolute atomic E-state index is 0.00911. The normalized spacial score (nSPS) is 13.4. The number of ether oxygens (including phenoxy) is 3. The van der Waals surface area contributed by atoms with Crippen molar-refractivity contribution in [1.82, 2.24) is 4.90 Å². The molecule has 0 unspecified atom stereocenters. The van der Waals surface area contributed by atoms with Gasteiger partial charge in [-0.15, -0.1) is 0 Å². The van der Waals surface area contributed by atoms with Gasteiger partial charge in [-0.1, -0.05) is 30.3 Å². The minimum atomic E-state index is -0.691. The van der Waals surface area contributed by atoms with Crippen molar-refractivity contribution in [3.05, 3.63) is 47.9 Å². The van der Waals surface area contributed by atoms with Crippen molar-refractivity contribution in [3.63, 3.8) is 0 Å². The number of benzene rings is 1. The van der Waals surface area contributed by atoms with Crippen LogP contribution in [-0.2, 0) is 30.3 Å². The molecule has 1 aromatic rings. The topological polar surface area (TPSA) is 65.1 Å². The maximum atomic E-state index is 12.1. The molecular weight excluding hydrogens is 286 g/mol. The number of rotatable bonds is 6. The summed E-state index contributed by atoms with van der Waals surface area (Å²) in [5, 5.41) is 0. The molecule has 118 valence electrons. The van der Waals surface area contributed by atoms with Gasteiger partial charge in [-0.2, -0.15) is 0 Å². The lowest BCUT2D eigenvalue weighted by Gasteiger charge is -2.21.